The molecule has 3 fully saturated rings. The zero-order valence-electron chi connectivity index (χ0n) is 16.2. The van der Waals surface area contributed by atoms with Crippen molar-refractivity contribution in [1.29, 1.82) is 5.26 Å². The lowest BCUT2D eigenvalue weighted by atomic mass is 9.77. The van der Waals surface area contributed by atoms with Crippen molar-refractivity contribution in [2.24, 2.45) is 10.8 Å². The molecule has 0 radical (unpaired) electrons. The summed E-state index contributed by atoms with van der Waals surface area (Å²) in [7, 11) is 0. The monoisotopic (exact) mass is 410 g/mol. The van der Waals surface area contributed by atoms with E-state index in [1.54, 1.807) is 0 Å². The molecule has 1 spiro atoms. The molecule has 3 rings (SSSR count). The molecular weight excluding hydrogens is 386 g/mol. The second kappa shape index (κ2) is 7.35. The molecule has 3 aliphatic rings. The Morgan fingerprint density at radius 3 is 2.34 bits per heavy atom. The Kier molecular flexibility index (Phi) is 5.36. The van der Waals surface area contributed by atoms with Gasteiger partial charge in [0, 0.05) is 32.4 Å². The van der Waals surface area contributed by atoms with Crippen LogP contribution in [0.3, 0.4) is 0 Å². The molecule has 8 nitrogen and oxygen atoms in total. The SMILES string of the molecule is CC(F)(F)C[C@H](NC(=O)N1CCC2(CC1)CC(=O)NC2=O)C(=O)CC1(C#N)CC1. The fraction of sp³-hybridized carbons (Fsp3) is 0.737. The quantitative estimate of drug-likeness (QED) is 0.643. The van der Waals surface area contributed by atoms with E-state index in [9.17, 15) is 28.0 Å². The maximum absolute atomic E-state index is 13.6. The molecule has 1 saturated carbocycles. The molecule has 1 atom stereocenters. The van der Waals surface area contributed by atoms with Gasteiger partial charge in [-0.3, -0.25) is 19.7 Å². The maximum Gasteiger partial charge on any atom is 0.317 e. The number of ketones is 1. The van der Waals surface area contributed by atoms with Gasteiger partial charge in [-0.2, -0.15) is 5.26 Å². The number of urea groups is 1. The number of Topliss-reactive ketones (excluding diaryl/α,β-unsaturated/α-hetero) is 1. The van der Waals surface area contributed by atoms with Crippen LogP contribution in [0.1, 0.15) is 51.9 Å². The second-order valence-electron chi connectivity index (χ2n) is 8.63. The number of carbonyl (C=O) groups excluding carboxylic acids is 4. The summed E-state index contributed by atoms with van der Waals surface area (Å²) in [5.74, 6) is -4.42. The average molecular weight is 410 g/mol. The molecule has 158 valence electrons. The number of hydrogen-bond donors (Lipinski definition) is 2. The lowest BCUT2D eigenvalue weighted by molar-refractivity contribution is -0.130. The Bertz CT molecular complexity index is 774. The van der Waals surface area contributed by atoms with Crippen LogP contribution in [0.2, 0.25) is 0 Å². The number of nitrogens with zero attached hydrogens (tertiary/aromatic N) is 2. The zero-order chi connectivity index (χ0) is 21.4. The van der Waals surface area contributed by atoms with Crippen LogP contribution in [0.15, 0.2) is 0 Å². The van der Waals surface area contributed by atoms with Crippen molar-refractivity contribution in [2.75, 3.05) is 13.1 Å². The smallest absolute Gasteiger partial charge is 0.317 e. The first-order valence-corrected chi connectivity index (χ1v) is 9.69. The summed E-state index contributed by atoms with van der Waals surface area (Å²) in [6.45, 7) is 1.03. The Balaban J connectivity index is 1.61. The molecule has 2 N–H and O–H groups in total. The number of nitrogens with one attached hydrogen (secondary N) is 2. The highest BCUT2D eigenvalue weighted by Crippen LogP contribution is 2.48. The highest BCUT2D eigenvalue weighted by atomic mass is 19.3. The van der Waals surface area contributed by atoms with Crippen LogP contribution in [0.4, 0.5) is 13.6 Å². The normalized spacial score (nSPS) is 23.3. The van der Waals surface area contributed by atoms with Crippen LogP contribution in [0.5, 0.6) is 0 Å². The lowest BCUT2D eigenvalue weighted by Crippen LogP contribution is -2.53. The minimum atomic E-state index is -3.16. The third-order valence-corrected chi connectivity index (χ3v) is 6.09. The molecule has 10 heteroatoms. The molecule has 2 heterocycles. The van der Waals surface area contributed by atoms with Crippen molar-refractivity contribution in [2.45, 2.75) is 63.8 Å². The first kappa shape index (κ1) is 21.1. The largest absolute Gasteiger partial charge is 0.328 e. The second-order valence-corrected chi connectivity index (χ2v) is 8.63. The van der Waals surface area contributed by atoms with Gasteiger partial charge in [0.05, 0.1) is 22.9 Å². The first-order valence-electron chi connectivity index (χ1n) is 9.69. The molecule has 0 aromatic carbocycles. The van der Waals surface area contributed by atoms with Gasteiger partial charge in [0.2, 0.25) is 17.7 Å². The number of halogens is 2. The van der Waals surface area contributed by atoms with Crippen molar-refractivity contribution in [1.82, 2.24) is 15.5 Å². The van der Waals surface area contributed by atoms with Gasteiger partial charge in [-0.25, -0.2) is 13.6 Å². The van der Waals surface area contributed by atoms with E-state index in [0.717, 1.165) is 0 Å². The fourth-order valence-corrected chi connectivity index (χ4v) is 4.01. The molecule has 0 unspecified atom stereocenters. The van der Waals surface area contributed by atoms with E-state index < -0.39 is 41.0 Å². The number of imide groups is 1. The van der Waals surface area contributed by atoms with Gasteiger partial charge in [0.1, 0.15) is 0 Å². The Labute approximate surface area is 167 Å². The highest BCUT2D eigenvalue weighted by Gasteiger charge is 2.49. The summed E-state index contributed by atoms with van der Waals surface area (Å²) in [6.07, 6.45) is 0.765. The predicted molar refractivity (Wildman–Crippen MR) is 95.5 cm³/mol. The van der Waals surface area contributed by atoms with E-state index in [-0.39, 0.29) is 50.6 Å². The average Bonchev–Trinajstić information content (AvgIpc) is 3.34. The molecule has 1 aliphatic carbocycles. The zero-order valence-corrected chi connectivity index (χ0v) is 16.2. The molecule has 0 bridgehead atoms. The van der Waals surface area contributed by atoms with Crippen LogP contribution in [-0.2, 0) is 14.4 Å². The Morgan fingerprint density at radius 1 is 1.28 bits per heavy atom. The van der Waals surface area contributed by atoms with Gasteiger partial charge in [0.15, 0.2) is 5.78 Å². The highest BCUT2D eigenvalue weighted by molar-refractivity contribution is 6.06. The van der Waals surface area contributed by atoms with Crippen molar-refractivity contribution in [3.8, 4) is 6.07 Å². The van der Waals surface area contributed by atoms with E-state index >= 15 is 0 Å². The summed E-state index contributed by atoms with van der Waals surface area (Å²) < 4.78 is 27.2. The predicted octanol–water partition coefficient (Wildman–Crippen LogP) is 1.50. The minimum absolute atomic E-state index is 0.0840. The summed E-state index contributed by atoms with van der Waals surface area (Å²) in [4.78, 5) is 50.0. The number of nitriles is 1. The van der Waals surface area contributed by atoms with Gasteiger partial charge in [-0.1, -0.05) is 0 Å². The number of rotatable bonds is 6. The van der Waals surface area contributed by atoms with Gasteiger partial charge in [-0.15, -0.1) is 0 Å². The van der Waals surface area contributed by atoms with E-state index in [1.165, 1.54) is 4.90 Å². The molecular formula is C19H24F2N4O4. The van der Waals surface area contributed by atoms with Gasteiger partial charge in [-0.05, 0) is 32.6 Å². The van der Waals surface area contributed by atoms with E-state index in [1.807, 2.05) is 0 Å². The molecule has 0 aromatic rings. The third-order valence-electron chi connectivity index (χ3n) is 6.09. The number of amides is 4. The summed E-state index contributed by atoms with van der Waals surface area (Å²) in [6, 6.07) is 0.00971. The number of hydrogen-bond acceptors (Lipinski definition) is 5. The van der Waals surface area contributed by atoms with Gasteiger partial charge < -0.3 is 10.2 Å². The van der Waals surface area contributed by atoms with Crippen LogP contribution < -0.4 is 10.6 Å². The molecule has 2 saturated heterocycles. The Hall–Kier alpha value is -2.57. The third kappa shape index (κ3) is 4.71. The summed E-state index contributed by atoms with van der Waals surface area (Å²) >= 11 is 0. The topological polar surface area (TPSA) is 119 Å². The standard InChI is InChI=1S/C19H24F2N4O4/c1-17(20,21)8-12(13(26)9-18(11-22)2-3-18)23-16(29)25-6-4-19(5-7-25)10-14(27)24-15(19)28/h12H,2-10H2,1H3,(H,23,29)(H,24,27,28)/t12-/m0/s1. The summed E-state index contributed by atoms with van der Waals surface area (Å²) in [5, 5.41) is 13.8. The number of likely N-dealkylation sites (tertiary alicyclic amines) is 1. The first-order chi connectivity index (χ1) is 13.5. The number of alkyl halides is 2. The van der Waals surface area contributed by atoms with Crippen molar-refractivity contribution >= 4 is 23.6 Å². The Morgan fingerprint density at radius 2 is 1.90 bits per heavy atom. The van der Waals surface area contributed by atoms with Crippen LogP contribution in [0, 0.1) is 22.2 Å². The number of carbonyl (C=O) groups is 4. The van der Waals surface area contributed by atoms with E-state index in [2.05, 4.69) is 16.7 Å². The maximum atomic E-state index is 13.6. The summed E-state index contributed by atoms with van der Waals surface area (Å²) in [5.41, 5.74) is -1.60. The van der Waals surface area contributed by atoms with Crippen LogP contribution >= 0.6 is 0 Å². The number of piperidine rings is 1. The van der Waals surface area contributed by atoms with Crippen molar-refractivity contribution < 1.29 is 28.0 Å². The van der Waals surface area contributed by atoms with Gasteiger partial charge in [0.25, 0.3) is 0 Å². The van der Waals surface area contributed by atoms with Crippen molar-refractivity contribution in [3.05, 3.63) is 0 Å². The minimum Gasteiger partial charge on any atom is -0.328 e. The van der Waals surface area contributed by atoms with E-state index in [4.69, 9.17) is 5.26 Å². The fourth-order valence-electron chi connectivity index (χ4n) is 4.01. The van der Waals surface area contributed by atoms with Gasteiger partial charge >= 0.3 is 6.03 Å². The molecule has 29 heavy (non-hydrogen) atoms. The van der Waals surface area contributed by atoms with Crippen LogP contribution in [0.25, 0.3) is 0 Å². The lowest BCUT2D eigenvalue weighted by Gasteiger charge is -2.37. The van der Waals surface area contributed by atoms with Crippen LogP contribution in [-0.4, -0.2) is 53.6 Å². The van der Waals surface area contributed by atoms with Crippen molar-refractivity contribution in [3.63, 3.8) is 0 Å². The molecule has 2 aliphatic heterocycles. The molecule has 4 amide bonds. The van der Waals surface area contributed by atoms with E-state index in [0.29, 0.717) is 19.8 Å². The molecule has 0 aromatic heterocycles.